The van der Waals surface area contributed by atoms with Crippen LogP contribution in [0, 0.1) is 0 Å². The molecule has 1 aromatic heterocycles. The van der Waals surface area contributed by atoms with E-state index in [9.17, 15) is 13.2 Å². The minimum absolute atomic E-state index is 0.368. The molecule has 0 atom stereocenters. The van der Waals surface area contributed by atoms with Crippen LogP contribution in [0.2, 0.25) is 0 Å². The van der Waals surface area contributed by atoms with Crippen LogP contribution < -0.4 is 10.3 Å². The second-order valence-corrected chi connectivity index (χ2v) is 9.44. The average molecular weight is 413 g/mol. The molecule has 1 aliphatic rings. The van der Waals surface area contributed by atoms with Crippen molar-refractivity contribution in [3.05, 3.63) is 54.4 Å². The van der Waals surface area contributed by atoms with Gasteiger partial charge in [-0.15, -0.1) is 4.83 Å². The van der Waals surface area contributed by atoms with Crippen LogP contribution in [0.25, 0.3) is 22.2 Å². The molecule has 1 amide bonds. The molecule has 1 heterocycles. The van der Waals surface area contributed by atoms with Gasteiger partial charge in [0.05, 0.1) is 28.2 Å². The zero-order valence-corrected chi connectivity index (χ0v) is 17.1. The van der Waals surface area contributed by atoms with E-state index >= 15 is 0 Å². The second kappa shape index (κ2) is 7.96. The molecule has 2 aromatic carbocycles. The van der Waals surface area contributed by atoms with Crippen LogP contribution in [0.15, 0.2) is 48.8 Å². The summed E-state index contributed by atoms with van der Waals surface area (Å²) in [5.74, 6) is -0.504. The van der Waals surface area contributed by atoms with Crippen molar-refractivity contribution in [3.63, 3.8) is 0 Å². The number of hydrogen-bond acceptors (Lipinski definition) is 4. The van der Waals surface area contributed by atoms with Crippen molar-refractivity contribution in [2.45, 2.75) is 37.4 Å². The fourth-order valence-corrected chi connectivity index (χ4v) is 5.26. The van der Waals surface area contributed by atoms with Crippen LogP contribution in [-0.4, -0.2) is 29.1 Å². The summed E-state index contributed by atoms with van der Waals surface area (Å²) in [5, 5.41) is -0.455. The number of fused-ring (bicyclic) bond motifs is 1. The number of carbonyl (C=O) groups excluding carboxylic acids is 1. The molecule has 2 N–H and O–H groups in total. The molecule has 152 valence electrons. The highest BCUT2D eigenvalue weighted by Crippen LogP contribution is 2.27. The fourth-order valence-electron chi connectivity index (χ4n) is 3.91. The van der Waals surface area contributed by atoms with E-state index < -0.39 is 21.2 Å². The quantitative estimate of drug-likeness (QED) is 0.630. The molecular weight excluding hydrogens is 388 g/mol. The number of hydrazine groups is 1. The topological polar surface area (TPSA) is 93.1 Å². The normalized spacial score (nSPS) is 15.5. The van der Waals surface area contributed by atoms with Gasteiger partial charge in [-0.2, -0.15) is 0 Å². The van der Waals surface area contributed by atoms with Gasteiger partial charge in [0.15, 0.2) is 0 Å². The molecule has 0 bridgehead atoms. The van der Waals surface area contributed by atoms with E-state index in [2.05, 4.69) is 15.2 Å². The smallest absolute Gasteiger partial charge is 0.268 e. The summed E-state index contributed by atoms with van der Waals surface area (Å²) in [5.41, 5.74) is 5.90. The number of imidazole rings is 1. The Kier molecular flexibility index (Phi) is 5.38. The lowest BCUT2D eigenvalue weighted by Gasteiger charge is -2.22. The van der Waals surface area contributed by atoms with Crippen LogP contribution in [0.5, 0.6) is 0 Å². The first-order valence-corrected chi connectivity index (χ1v) is 11.3. The van der Waals surface area contributed by atoms with Crippen molar-refractivity contribution in [1.82, 2.24) is 19.8 Å². The van der Waals surface area contributed by atoms with Gasteiger partial charge in [0.2, 0.25) is 10.0 Å². The molecule has 4 rings (SSSR count). The van der Waals surface area contributed by atoms with Gasteiger partial charge in [-0.1, -0.05) is 49.6 Å². The van der Waals surface area contributed by atoms with Crippen LogP contribution in [0.4, 0.5) is 0 Å². The molecule has 0 radical (unpaired) electrons. The Hall–Kier alpha value is -2.71. The Balaban J connectivity index is 1.63. The highest BCUT2D eigenvalue weighted by Gasteiger charge is 2.28. The van der Waals surface area contributed by atoms with E-state index in [1.165, 1.54) is 0 Å². The molecule has 1 fully saturated rings. The van der Waals surface area contributed by atoms with E-state index in [1.807, 2.05) is 36.4 Å². The van der Waals surface area contributed by atoms with Crippen molar-refractivity contribution < 1.29 is 13.2 Å². The summed E-state index contributed by atoms with van der Waals surface area (Å²) in [7, 11) is -1.80. The van der Waals surface area contributed by atoms with Gasteiger partial charge in [0.1, 0.15) is 0 Å². The van der Waals surface area contributed by atoms with Gasteiger partial charge in [-0.3, -0.25) is 10.2 Å². The third-order valence-corrected chi connectivity index (χ3v) is 7.20. The fraction of sp³-hybridized carbons (Fsp3) is 0.333. The molecule has 0 spiro atoms. The maximum absolute atomic E-state index is 12.9. The summed E-state index contributed by atoms with van der Waals surface area (Å²) >= 11 is 0. The Morgan fingerprint density at radius 3 is 2.52 bits per heavy atom. The lowest BCUT2D eigenvalue weighted by Crippen LogP contribution is -2.46. The van der Waals surface area contributed by atoms with Crippen LogP contribution >= 0.6 is 0 Å². The molecule has 7 nitrogen and oxygen atoms in total. The van der Waals surface area contributed by atoms with Gasteiger partial charge in [-0.05, 0) is 36.1 Å². The Labute approximate surface area is 170 Å². The number of nitrogens with one attached hydrogen (secondary N) is 2. The summed E-state index contributed by atoms with van der Waals surface area (Å²) in [4.78, 5) is 19.6. The maximum atomic E-state index is 12.9. The summed E-state index contributed by atoms with van der Waals surface area (Å²) < 4.78 is 26.9. The number of aryl methyl sites for hydroxylation is 1. The molecule has 0 saturated heterocycles. The molecule has 3 aromatic rings. The van der Waals surface area contributed by atoms with Crippen molar-refractivity contribution >= 4 is 27.0 Å². The van der Waals surface area contributed by atoms with Gasteiger partial charge >= 0.3 is 0 Å². The lowest BCUT2D eigenvalue weighted by atomic mass is 10.0. The number of sulfonamides is 1. The molecular formula is C21H24N4O3S. The Morgan fingerprint density at radius 1 is 1.07 bits per heavy atom. The van der Waals surface area contributed by atoms with Gasteiger partial charge in [-0.25, -0.2) is 13.4 Å². The number of carbonyl (C=O) groups is 1. The first kappa shape index (κ1) is 19.6. The van der Waals surface area contributed by atoms with Gasteiger partial charge in [0.25, 0.3) is 5.91 Å². The summed E-state index contributed by atoms with van der Waals surface area (Å²) in [6.07, 6.45) is 5.75. The van der Waals surface area contributed by atoms with Gasteiger partial charge in [0, 0.05) is 7.05 Å². The predicted octanol–water partition coefficient (Wildman–Crippen LogP) is 3.14. The molecule has 1 aliphatic carbocycles. The van der Waals surface area contributed by atoms with E-state index in [0.717, 1.165) is 30.4 Å². The van der Waals surface area contributed by atoms with Crippen molar-refractivity contribution in [1.29, 1.82) is 0 Å². The number of hydrogen-bond donors (Lipinski definition) is 2. The number of rotatable bonds is 5. The molecule has 0 aliphatic heterocycles. The Morgan fingerprint density at radius 2 is 1.79 bits per heavy atom. The first-order valence-electron chi connectivity index (χ1n) is 9.77. The van der Waals surface area contributed by atoms with E-state index in [0.29, 0.717) is 29.4 Å². The molecule has 29 heavy (non-hydrogen) atoms. The lowest BCUT2D eigenvalue weighted by molar-refractivity contribution is 0.0946. The summed E-state index contributed by atoms with van der Waals surface area (Å²) in [6, 6.07) is 13.4. The zero-order valence-electron chi connectivity index (χ0n) is 16.3. The van der Waals surface area contributed by atoms with Crippen molar-refractivity contribution in [3.8, 4) is 11.1 Å². The predicted molar refractivity (Wildman–Crippen MR) is 113 cm³/mol. The highest BCUT2D eigenvalue weighted by atomic mass is 32.2. The molecule has 0 unspecified atom stereocenters. The average Bonchev–Trinajstić information content (AvgIpc) is 3.13. The highest BCUT2D eigenvalue weighted by molar-refractivity contribution is 7.90. The standard InChI is InChI=1S/C21H24N4O3S/c1-25-14-22-19-13-16(15-8-4-2-5-9-15)12-18(20(19)25)21(26)23-24-29(27,28)17-10-6-3-7-11-17/h2,4-5,8-9,12-14,17,24H,3,6-7,10-11H2,1H3,(H,23,26). The van der Waals surface area contributed by atoms with Gasteiger partial charge < -0.3 is 4.57 Å². The second-order valence-electron chi connectivity index (χ2n) is 7.47. The minimum atomic E-state index is -3.60. The zero-order chi connectivity index (χ0) is 20.4. The molecule has 8 heteroatoms. The number of benzene rings is 2. The van der Waals surface area contributed by atoms with Crippen LogP contribution in [0.3, 0.4) is 0 Å². The van der Waals surface area contributed by atoms with Crippen molar-refractivity contribution in [2.75, 3.05) is 0 Å². The minimum Gasteiger partial charge on any atom is -0.333 e. The maximum Gasteiger partial charge on any atom is 0.268 e. The summed E-state index contributed by atoms with van der Waals surface area (Å²) in [6.45, 7) is 0. The van der Waals surface area contributed by atoms with Crippen molar-refractivity contribution in [2.24, 2.45) is 7.05 Å². The van der Waals surface area contributed by atoms with E-state index in [4.69, 9.17) is 0 Å². The largest absolute Gasteiger partial charge is 0.333 e. The number of amides is 1. The number of nitrogens with zero attached hydrogens (tertiary/aromatic N) is 2. The van der Waals surface area contributed by atoms with Crippen LogP contribution in [-0.2, 0) is 17.1 Å². The first-order chi connectivity index (χ1) is 14.0. The monoisotopic (exact) mass is 412 g/mol. The van der Waals surface area contributed by atoms with E-state index in [1.54, 1.807) is 24.0 Å². The molecule has 1 saturated carbocycles. The third-order valence-electron chi connectivity index (χ3n) is 5.46. The number of aromatic nitrogens is 2. The van der Waals surface area contributed by atoms with E-state index in [-0.39, 0.29) is 0 Å². The SMILES string of the molecule is Cn1cnc2cc(-c3ccccc3)cc(C(=O)NNS(=O)(=O)C3CCCCC3)c21. The third kappa shape index (κ3) is 4.04. The Bertz CT molecular complexity index is 1130. The van der Waals surface area contributed by atoms with Crippen LogP contribution in [0.1, 0.15) is 42.5 Å².